The number of halogens is 1. The number of nitrogens with two attached hydrogens (primary N) is 1. The Morgan fingerprint density at radius 3 is 2.55 bits per heavy atom. The summed E-state index contributed by atoms with van der Waals surface area (Å²) < 4.78 is 18.5. The Morgan fingerprint density at radius 1 is 1.10 bits per heavy atom. The highest BCUT2D eigenvalue weighted by atomic mass is 32.1. The summed E-state index contributed by atoms with van der Waals surface area (Å²) in [5.41, 5.74) is 7.18. The number of nitrogens with one attached hydrogen (secondary N) is 1. The number of nitrogens with zero attached hydrogens (tertiary/aromatic N) is 2. The van der Waals surface area contributed by atoms with E-state index in [4.69, 9.17) is 10.3 Å². The first-order valence-electron chi connectivity index (χ1n) is 8.40. The van der Waals surface area contributed by atoms with Crippen LogP contribution in [-0.4, -0.2) is 22.0 Å². The Kier molecular flexibility index (Phi) is 4.88. The molecule has 144 valence electrons. The second-order valence-corrected chi connectivity index (χ2v) is 6.84. The average Bonchev–Trinajstić information content (AvgIpc) is 3.38. The third kappa shape index (κ3) is 3.63. The van der Waals surface area contributed by atoms with Gasteiger partial charge in [-0.15, -0.1) is 11.3 Å². The minimum atomic E-state index is -0.636. The number of hydrogen-bond acceptors (Lipinski definition) is 6. The highest BCUT2D eigenvalue weighted by molar-refractivity contribution is 7.13. The van der Waals surface area contributed by atoms with Crippen molar-refractivity contribution in [1.29, 1.82) is 0 Å². The van der Waals surface area contributed by atoms with Crippen LogP contribution in [0.25, 0.3) is 21.8 Å². The van der Waals surface area contributed by atoms with E-state index in [9.17, 15) is 14.0 Å². The van der Waals surface area contributed by atoms with Gasteiger partial charge in [0.15, 0.2) is 5.69 Å². The van der Waals surface area contributed by atoms with Crippen molar-refractivity contribution >= 4 is 29.0 Å². The number of primary amides is 1. The van der Waals surface area contributed by atoms with Crippen molar-refractivity contribution in [2.24, 2.45) is 5.73 Å². The molecule has 0 fully saturated rings. The maximum Gasteiger partial charge on any atom is 0.258 e. The number of anilines is 1. The number of thiazole rings is 1. The van der Waals surface area contributed by atoms with Crippen LogP contribution in [-0.2, 0) is 0 Å². The first-order chi connectivity index (χ1) is 14.0. The second-order valence-electron chi connectivity index (χ2n) is 5.94. The summed E-state index contributed by atoms with van der Waals surface area (Å²) in [5, 5.41) is 8.98. The van der Waals surface area contributed by atoms with Crippen LogP contribution in [0.4, 0.5) is 10.3 Å². The molecule has 0 aliphatic heterocycles. The average molecular weight is 408 g/mol. The molecule has 3 N–H and O–H groups in total. The van der Waals surface area contributed by atoms with E-state index in [1.165, 1.54) is 35.6 Å². The normalized spacial score (nSPS) is 10.7. The molecule has 0 spiro atoms. The summed E-state index contributed by atoms with van der Waals surface area (Å²) in [6, 6.07) is 11.7. The van der Waals surface area contributed by atoms with Crippen LogP contribution in [0.2, 0.25) is 0 Å². The van der Waals surface area contributed by atoms with E-state index in [1.54, 1.807) is 35.8 Å². The number of benzene rings is 2. The van der Waals surface area contributed by atoms with E-state index in [2.05, 4.69) is 15.5 Å². The summed E-state index contributed by atoms with van der Waals surface area (Å²) in [5.74, 6) is -1.59. The van der Waals surface area contributed by atoms with E-state index >= 15 is 0 Å². The lowest BCUT2D eigenvalue weighted by Gasteiger charge is -2.08. The van der Waals surface area contributed by atoms with Crippen LogP contribution in [0.15, 0.2) is 64.6 Å². The number of hydrogen-bond donors (Lipinski definition) is 2. The first kappa shape index (κ1) is 18.5. The molecule has 0 saturated heterocycles. The molecule has 0 unspecified atom stereocenters. The SMILES string of the molecule is NC(=O)c1ccccc1-c1c(-c2nccs2)noc1NC(=O)c1ccc(F)cc1. The lowest BCUT2D eigenvalue weighted by molar-refractivity contribution is 0.0998. The predicted octanol–water partition coefficient (Wildman–Crippen LogP) is 3.96. The van der Waals surface area contributed by atoms with Gasteiger partial charge in [0.2, 0.25) is 11.8 Å². The van der Waals surface area contributed by atoms with Crippen molar-refractivity contribution in [3.8, 4) is 21.8 Å². The summed E-state index contributed by atoms with van der Waals surface area (Å²) in [7, 11) is 0. The standard InChI is InChI=1S/C20H13FN4O3S/c21-12-7-5-11(6-8-12)18(27)24-19-15(13-3-1-2-4-14(13)17(22)26)16(25-28-19)20-23-9-10-29-20/h1-10H,(H2,22,26)(H,24,27). The third-order valence-electron chi connectivity index (χ3n) is 4.12. The molecule has 4 aromatic rings. The summed E-state index contributed by atoms with van der Waals surface area (Å²) >= 11 is 1.33. The van der Waals surface area contributed by atoms with Crippen molar-refractivity contribution in [2.75, 3.05) is 5.32 Å². The molecule has 4 rings (SSSR count). The lowest BCUT2D eigenvalue weighted by Crippen LogP contribution is -2.14. The van der Waals surface area contributed by atoms with Crippen LogP contribution in [0.1, 0.15) is 20.7 Å². The molecular weight excluding hydrogens is 395 g/mol. The van der Waals surface area contributed by atoms with E-state index in [0.717, 1.165) is 0 Å². The summed E-state index contributed by atoms with van der Waals surface area (Å²) in [6.45, 7) is 0. The van der Waals surface area contributed by atoms with E-state index in [1.807, 2.05) is 0 Å². The highest BCUT2D eigenvalue weighted by Gasteiger charge is 2.25. The second kappa shape index (κ2) is 7.64. The summed E-state index contributed by atoms with van der Waals surface area (Å²) in [6.07, 6.45) is 1.61. The van der Waals surface area contributed by atoms with Gasteiger partial charge in [0, 0.05) is 28.3 Å². The van der Waals surface area contributed by atoms with Crippen molar-refractivity contribution < 1.29 is 18.5 Å². The summed E-state index contributed by atoms with van der Waals surface area (Å²) in [4.78, 5) is 28.8. The molecule has 29 heavy (non-hydrogen) atoms. The van der Waals surface area contributed by atoms with E-state index in [0.29, 0.717) is 21.8 Å². The number of amides is 2. The van der Waals surface area contributed by atoms with Gasteiger partial charge in [-0.25, -0.2) is 9.37 Å². The molecule has 0 aliphatic rings. The number of aromatic nitrogens is 2. The largest absolute Gasteiger partial charge is 0.366 e. The van der Waals surface area contributed by atoms with Crippen molar-refractivity contribution in [3.63, 3.8) is 0 Å². The van der Waals surface area contributed by atoms with Gasteiger partial charge < -0.3 is 10.3 Å². The molecule has 2 heterocycles. The Morgan fingerprint density at radius 2 is 1.86 bits per heavy atom. The van der Waals surface area contributed by atoms with Gasteiger partial charge in [0.05, 0.1) is 5.56 Å². The molecular formula is C20H13FN4O3S. The van der Waals surface area contributed by atoms with Gasteiger partial charge in [-0.05, 0) is 30.3 Å². The maximum absolute atomic E-state index is 13.1. The maximum atomic E-state index is 13.1. The highest BCUT2D eigenvalue weighted by Crippen LogP contribution is 2.40. The van der Waals surface area contributed by atoms with Crippen LogP contribution < -0.4 is 11.1 Å². The Hall–Kier alpha value is -3.85. The van der Waals surface area contributed by atoms with Gasteiger partial charge in [-0.3, -0.25) is 14.9 Å². The van der Waals surface area contributed by atoms with Crippen LogP contribution in [0.5, 0.6) is 0 Å². The van der Waals surface area contributed by atoms with Gasteiger partial charge in [-0.2, -0.15) is 0 Å². The van der Waals surface area contributed by atoms with Crippen molar-refractivity contribution in [2.45, 2.75) is 0 Å². The topological polar surface area (TPSA) is 111 Å². The molecule has 0 radical (unpaired) electrons. The lowest BCUT2D eigenvalue weighted by atomic mass is 9.99. The van der Waals surface area contributed by atoms with Gasteiger partial charge in [0.1, 0.15) is 10.8 Å². The zero-order valence-corrected chi connectivity index (χ0v) is 15.6. The number of carbonyl (C=O) groups is 2. The molecule has 0 bridgehead atoms. The minimum absolute atomic E-state index is 0.0261. The van der Waals surface area contributed by atoms with Gasteiger partial charge in [0.25, 0.3) is 5.91 Å². The van der Waals surface area contributed by atoms with Gasteiger partial charge >= 0.3 is 0 Å². The predicted molar refractivity (Wildman–Crippen MR) is 106 cm³/mol. The number of rotatable bonds is 5. The van der Waals surface area contributed by atoms with Gasteiger partial charge in [-0.1, -0.05) is 23.4 Å². The fourth-order valence-corrected chi connectivity index (χ4v) is 3.43. The Balaban J connectivity index is 1.82. The molecule has 0 aliphatic carbocycles. The third-order valence-corrected chi connectivity index (χ3v) is 4.90. The number of carbonyl (C=O) groups excluding carboxylic acids is 2. The van der Waals surface area contributed by atoms with Crippen molar-refractivity contribution in [3.05, 3.63) is 77.1 Å². The molecule has 2 aromatic heterocycles. The van der Waals surface area contributed by atoms with Crippen molar-refractivity contribution in [1.82, 2.24) is 10.1 Å². The molecule has 0 saturated carbocycles. The fraction of sp³-hybridized carbons (Fsp3) is 0. The molecule has 7 nitrogen and oxygen atoms in total. The van der Waals surface area contributed by atoms with Crippen LogP contribution >= 0.6 is 11.3 Å². The minimum Gasteiger partial charge on any atom is -0.366 e. The molecule has 0 atom stereocenters. The Labute approximate surface area is 168 Å². The zero-order valence-electron chi connectivity index (χ0n) is 14.8. The Bertz CT molecular complexity index is 1190. The van der Waals surface area contributed by atoms with Crippen LogP contribution in [0, 0.1) is 5.82 Å². The fourth-order valence-electron chi connectivity index (χ4n) is 2.80. The van der Waals surface area contributed by atoms with E-state index in [-0.39, 0.29) is 17.0 Å². The van der Waals surface area contributed by atoms with E-state index < -0.39 is 17.6 Å². The van der Waals surface area contributed by atoms with Crippen LogP contribution in [0.3, 0.4) is 0 Å². The molecule has 9 heteroatoms. The monoisotopic (exact) mass is 408 g/mol. The first-order valence-corrected chi connectivity index (χ1v) is 9.28. The molecule has 2 amide bonds. The molecule has 2 aromatic carbocycles. The smallest absolute Gasteiger partial charge is 0.258 e. The quantitative estimate of drug-likeness (QED) is 0.519. The zero-order chi connectivity index (χ0) is 20.4.